The number of nitrogen functional groups attached to an aromatic ring is 1. The van der Waals surface area contributed by atoms with Crippen LogP contribution in [-0.2, 0) is 0 Å². The second-order valence-electron chi connectivity index (χ2n) is 7.48. The van der Waals surface area contributed by atoms with Crippen molar-refractivity contribution in [3.8, 4) is 22.8 Å². The molecule has 0 amide bonds. The molecule has 0 unspecified atom stereocenters. The lowest BCUT2D eigenvalue weighted by Gasteiger charge is -2.28. The molecule has 1 aliphatic heterocycles. The highest BCUT2D eigenvalue weighted by Gasteiger charge is 2.20. The third-order valence-corrected chi connectivity index (χ3v) is 5.92. The molecule has 1 saturated heterocycles. The number of nitrogens with one attached hydrogen (secondary N) is 1. The van der Waals surface area contributed by atoms with Crippen molar-refractivity contribution in [3.63, 3.8) is 0 Å². The van der Waals surface area contributed by atoms with Crippen molar-refractivity contribution in [1.82, 2.24) is 34.6 Å². The number of halogens is 1. The van der Waals surface area contributed by atoms with Gasteiger partial charge in [-0.25, -0.2) is 15.0 Å². The normalized spacial score (nSPS) is 15.9. The first-order valence-electron chi connectivity index (χ1n) is 9.58. The van der Waals surface area contributed by atoms with Crippen molar-refractivity contribution in [3.05, 3.63) is 41.3 Å². The lowest BCUT2D eigenvalue weighted by Crippen LogP contribution is -2.31. The van der Waals surface area contributed by atoms with Gasteiger partial charge in [-0.2, -0.15) is 5.10 Å². The van der Waals surface area contributed by atoms with E-state index in [1.54, 1.807) is 6.20 Å². The topological polar surface area (TPSA) is 102 Å². The SMILES string of the molecule is CN1CCC(n2cc(-c3cnc(N)c(-c4nc5ccc(Br)cc5[nH]4)n3)cn2)CC1. The van der Waals surface area contributed by atoms with Crippen molar-refractivity contribution in [2.45, 2.75) is 18.9 Å². The highest BCUT2D eigenvalue weighted by molar-refractivity contribution is 9.10. The van der Waals surface area contributed by atoms with E-state index in [0.29, 0.717) is 23.4 Å². The number of imidazole rings is 1. The molecule has 0 spiro atoms. The van der Waals surface area contributed by atoms with E-state index in [0.717, 1.165) is 52.7 Å². The highest BCUT2D eigenvalue weighted by Crippen LogP contribution is 2.28. The molecule has 0 bridgehead atoms. The van der Waals surface area contributed by atoms with Crippen LogP contribution in [0, 0.1) is 0 Å². The summed E-state index contributed by atoms with van der Waals surface area (Å²) in [7, 11) is 2.16. The third-order valence-electron chi connectivity index (χ3n) is 5.43. The van der Waals surface area contributed by atoms with Gasteiger partial charge in [-0.15, -0.1) is 0 Å². The van der Waals surface area contributed by atoms with Gasteiger partial charge >= 0.3 is 0 Å². The van der Waals surface area contributed by atoms with E-state index < -0.39 is 0 Å². The molecule has 0 atom stereocenters. The number of piperidine rings is 1. The predicted octanol–water partition coefficient (Wildman–Crippen LogP) is 3.49. The number of nitrogens with zero attached hydrogens (tertiary/aromatic N) is 6. The molecular formula is C20H21BrN8. The number of aromatic amines is 1. The molecule has 1 fully saturated rings. The van der Waals surface area contributed by atoms with Crippen LogP contribution in [0.25, 0.3) is 33.8 Å². The van der Waals surface area contributed by atoms with Gasteiger partial charge in [0, 0.05) is 16.2 Å². The van der Waals surface area contributed by atoms with Gasteiger partial charge in [0.05, 0.1) is 35.2 Å². The number of nitrogens with two attached hydrogens (primary N) is 1. The second-order valence-corrected chi connectivity index (χ2v) is 8.40. The van der Waals surface area contributed by atoms with Crippen LogP contribution in [-0.4, -0.2) is 54.8 Å². The first-order valence-corrected chi connectivity index (χ1v) is 10.4. The fraction of sp³-hybridized carbons (Fsp3) is 0.300. The number of anilines is 1. The minimum atomic E-state index is 0.342. The minimum Gasteiger partial charge on any atom is -0.382 e. The van der Waals surface area contributed by atoms with Crippen LogP contribution in [0.4, 0.5) is 5.82 Å². The van der Waals surface area contributed by atoms with Crippen LogP contribution in [0.3, 0.4) is 0 Å². The molecule has 0 saturated carbocycles. The zero-order valence-corrected chi connectivity index (χ0v) is 17.6. The Hall–Kier alpha value is -2.78. The van der Waals surface area contributed by atoms with Gasteiger partial charge in [-0.05, 0) is 51.2 Å². The molecule has 0 aliphatic carbocycles. The monoisotopic (exact) mass is 452 g/mol. The van der Waals surface area contributed by atoms with Gasteiger partial charge in [0.25, 0.3) is 0 Å². The zero-order valence-electron chi connectivity index (χ0n) is 16.0. The summed E-state index contributed by atoms with van der Waals surface area (Å²) >= 11 is 3.48. The highest BCUT2D eigenvalue weighted by atomic mass is 79.9. The number of rotatable bonds is 3. The predicted molar refractivity (Wildman–Crippen MR) is 116 cm³/mol. The van der Waals surface area contributed by atoms with Crippen molar-refractivity contribution >= 4 is 32.8 Å². The van der Waals surface area contributed by atoms with E-state index in [4.69, 9.17) is 10.7 Å². The maximum absolute atomic E-state index is 6.12. The molecule has 5 rings (SSSR count). The Labute approximate surface area is 176 Å². The van der Waals surface area contributed by atoms with Crippen LogP contribution in [0.1, 0.15) is 18.9 Å². The summed E-state index contributed by atoms with van der Waals surface area (Å²) in [6.07, 6.45) is 7.79. The molecule has 29 heavy (non-hydrogen) atoms. The van der Waals surface area contributed by atoms with E-state index in [9.17, 15) is 0 Å². The molecule has 1 aromatic carbocycles. The molecule has 3 N–H and O–H groups in total. The number of likely N-dealkylation sites (tertiary alicyclic amines) is 1. The summed E-state index contributed by atoms with van der Waals surface area (Å²) < 4.78 is 3.04. The fourth-order valence-electron chi connectivity index (χ4n) is 3.74. The minimum absolute atomic E-state index is 0.342. The summed E-state index contributed by atoms with van der Waals surface area (Å²) in [4.78, 5) is 19.4. The average molecular weight is 453 g/mol. The first kappa shape index (κ1) is 18.3. The number of H-pyrrole nitrogens is 1. The van der Waals surface area contributed by atoms with Crippen LogP contribution < -0.4 is 5.73 Å². The van der Waals surface area contributed by atoms with Crippen molar-refractivity contribution in [2.24, 2.45) is 0 Å². The molecule has 8 nitrogen and oxygen atoms in total. The molecule has 9 heteroatoms. The van der Waals surface area contributed by atoms with E-state index in [2.05, 4.69) is 58.8 Å². The Morgan fingerprint density at radius 2 is 2.00 bits per heavy atom. The number of hydrogen-bond donors (Lipinski definition) is 2. The first-order chi connectivity index (χ1) is 14.1. The van der Waals surface area contributed by atoms with Crippen LogP contribution in [0.5, 0.6) is 0 Å². The molecule has 3 aromatic heterocycles. The summed E-state index contributed by atoms with van der Waals surface area (Å²) in [5, 5.41) is 4.58. The van der Waals surface area contributed by atoms with Crippen molar-refractivity contribution < 1.29 is 0 Å². The van der Waals surface area contributed by atoms with E-state index in [1.807, 2.05) is 24.4 Å². The summed E-state index contributed by atoms with van der Waals surface area (Å²) in [6, 6.07) is 6.30. The van der Waals surface area contributed by atoms with Gasteiger partial charge in [-0.1, -0.05) is 15.9 Å². The maximum atomic E-state index is 6.12. The van der Waals surface area contributed by atoms with Gasteiger partial charge in [0.2, 0.25) is 0 Å². The third kappa shape index (κ3) is 3.51. The fourth-order valence-corrected chi connectivity index (χ4v) is 4.10. The average Bonchev–Trinajstić information content (AvgIpc) is 3.36. The Morgan fingerprint density at radius 3 is 2.83 bits per heavy atom. The summed E-state index contributed by atoms with van der Waals surface area (Å²) in [5.74, 6) is 0.947. The lowest BCUT2D eigenvalue weighted by atomic mass is 10.1. The number of benzene rings is 1. The molecule has 1 aliphatic rings. The molecule has 4 aromatic rings. The van der Waals surface area contributed by atoms with Gasteiger partial charge in [0.15, 0.2) is 11.6 Å². The Morgan fingerprint density at radius 1 is 1.17 bits per heavy atom. The van der Waals surface area contributed by atoms with E-state index in [-0.39, 0.29) is 0 Å². The van der Waals surface area contributed by atoms with Gasteiger partial charge in [0.1, 0.15) is 5.69 Å². The summed E-state index contributed by atoms with van der Waals surface area (Å²) in [5.41, 5.74) is 10.1. The molecule has 148 valence electrons. The summed E-state index contributed by atoms with van der Waals surface area (Å²) in [6.45, 7) is 2.18. The Balaban J connectivity index is 1.48. The second kappa shape index (κ2) is 7.23. The van der Waals surface area contributed by atoms with Gasteiger partial charge in [-0.3, -0.25) is 4.68 Å². The molecular weight excluding hydrogens is 432 g/mol. The molecule has 0 radical (unpaired) electrons. The van der Waals surface area contributed by atoms with Crippen LogP contribution in [0.2, 0.25) is 0 Å². The van der Waals surface area contributed by atoms with E-state index in [1.165, 1.54) is 0 Å². The maximum Gasteiger partial charge on any atom is 0.161 e. The van der Waals surface area contributed by atoms with Crippen LogP contribution >= 0.6 is 15.9 Å². The number of hydrogen-bond acceptors (Lipinski definition) is 6. The van der Waals surface area contributed by atoms with E-state index >= 15 is 0 Å². The van der Waals surface area contributed by atoms with Crippen molar-refractivity contribution in [1.29, 1.82) is 0 Å². The lowest BCUT2D eigenvalue weighted by molar-refractivity contribution is 0.212. The smallest absolute Gasteiger partial charge is 0.161 e. The van der Waals surface area contributed by atoms with Crippen LogP contribution in [0.15, 0.2) is 41.3 Å². The quantitative estimate of drug-likeness (QED) is 0.493. The standard InChI is InChI=1S/C20H21BrN8/c1-28-6-4-14(5-7-28)29-11-12(9-24-29)17-10-23-19(22)18(25-17)20-26-15-3-2-13(21)8-16(15)27-20/h2-3,8-11,14H,4-7H2,1H3,(H2,22,23)(H,26,27). The van der Waals surface area contributed by atoms with Crippen molar-refractivity contribution in [2.75, 3.05) is 25.9 Å². The largest absolute Gasteiger partial charge is 0.382 e. The van der Waals surface area contributed by atoms with Gasteiger partial charge < -0.3 is 15.6 Å². The molecule has 4 heterocycles. The number of fused-ring (bicyclic) bond motifs is 1. The number of aromatic nitrogens is 6. The zero-order chi connectivity index (χ0) is 20.0. The Kier molecular flexibility index (Phi) is 4.56. The Bertz CT molecular complexity index is 1170.